The van der Waals surface area contributed by atoms with E-state index in [1.165, 1.54) is 16.6 Å². The zero-order valence-corrected chi connectivity index (χ0v) is 11.5. The second kappa shape index (κ2) is 5.85. The highest BCUT2D eigenvalue weighted by Gasteiger charge is 2.34. The van der Waals surface area contributed by atoms with Crippen molar-refractivity contribution in [2.75, 3.05) is 18.9 Å². The van der Waals surface area contributed by atoms with Gasteiger partial charge < -0.3 is 10.8 Å². The number of nitrogens with two attached hydrogens (primary N) is 1. The van der Waals surface area contributed by atoms with Gasteiger partial charge in [-0.15, -0.1) is 0 Å². The van der Waals surface area contributed by atoms with Crippen molar-refractivity contribution in [1.29, 1.82) is 0 Å². The molecule has 1 aliphatic heterocycles. The number of aromatic nitrogens is 1. The number of aliphatic hydroxyl groups is 1. The highest BCUT2D eigenvalue weighted by atomic mass is 32.2. The molecule has 1 unspecified atom stereocenters. The number of pyridine rings is 1. The Morgan fingerprint density at radius 2 is 2.26 bits per heavy atom. The summed E-state index contributed by atoms with van der Waals surface area (Å²) in [6.07, 6.45) is 4.45. The molecule has 0 bridgehead atoms. The maximum absolute atomic E-state index is 12.6. The number of piperidine rings is 1. The fourth-order valence-corrected chi connectivity index (χ4v) is 4.21. The molecule has 1 aromatic rings. The maximum Gasteiger partial charge on any atom is 0.262 e. The van der Waals surface area contributed by atoms with Crippen molar-refractivity contribution in [2.45, 2.75) is 36.8 Å². The van der Waals surface area contributed by atoms with E-state index in [2.05, 4.69) is 4.98 Å². The molecule has 6 nitrogen and oxygen atoms in total. The SMILES string of the molecule is Nc1cccnc1S(=O)(=O)N1CCCCC1CCO. The molecule has 0 aliphatic carbocycles. The monoisotopic (exact) mass is 285 g/mol. The average molecular weight is 285 g/mol. The topological polar surface area (TPSA) is 96.5 Å². The lowest BCUT2D eigenvalue weighted by Gasteiger charge is -2.34. The predicted octanol–water partition coefficient (Wildman–Crippen LogP) is 0.589. The molecule has 19 heavy (non-hydrogen) atoms. The first-order valence-electron chi connectivity index (χ1n) is 6.40. The normalized spacial score (nSPS) is 21.4. The summed E-state index contributed by atoms with van der Waals surface area (Å²) in [5.41, 5.74) is 5.88. The van der Waals surface area contributed by atoms with Crippen LogP contribution in [0.25, 0.3) is 0 Å². The number of hydrogen-bond acceptors (Lipinski definition) is 5. The van der Waals surface area contributed by atoms with Crippen LogP contribution >= 0.6 is 0 Å². The lowest BCUT2D eigenvalue weighted by molar-refractivity contribution is 0.192. The second-order valence-electron chi connectivity index (χ2n) is 4.68. The minimum atomic E-state index is -3.68. The van der Waals surface area contributed by atoms with Crippen molar-refractivity contribution in [2.24, 2.45) is 0 Å². The molecule has 1 fully saturated rings. The first-order chi connectivity index (χ1) is 9.07. The summed E-state index contributed by atoms with van der Waals surface area (Å²) in [5.74, 6) is 0. The Labute approximate surface area is 113 Å². The van der Waals surface area contributed by atoms with Gasteiger partial charge in [0.05, 0.1) is 5.69 Å². The molecule has 3 N–H and O–H groups in total. The van der Waals surface area contributed by atoms with Crippen LogP contribution in [0.5, 0.6) is 0 Å². The minimum Gasteiger partial charge on any atom is -0.396 e. The van der Waals surface area contributed by atoms with E-state index in [0.29, 0.717) is 13.0 Å². The molecular formula is C12H19N3O3S. The van der Waals surface area contributed by atoms with Crippen LogP contribution < -0.4 is 5.73 Å². The molecule has 0 amide bonds. The average Bonchev–Trinajstić information content (AvgIpc) is 2.40. The second-order valence-corrected chi connectivity index (χ2v) is 6.48. The summed E-state index contributed by atoms with van der Waals surface area (Å²) in [6.45, 7) is 0.442. The zero-order chi connectivity index (χ0) is 13.9. The lowest BCUT2D eigenvalue weighted by Crippen LogP contribution is -2.44. The molecule has 106 valence electrons. The first kappa shape index (κ1) is 14.2. The zero-order valence-electron chi connectivity index (χ0n) is 10.7. The van der Waals surface area contributed by atoms with Gasteiger partial charge in [0.1, 0.15) is 0 Å². The van der Waals surface area contributed by atoms with Crippen molar-refractivity contribution in [1.82, 2.24) is 9.29 Å². The Balaban J connectivity index is 2.35. The van der Waals surface area contributed by atoms with Gasteiger partial charge in [-0.05, 0) is 31.4 Å². The van der Waals surface area contributed by atoms with E-state index in [0.717, 1.165) is 19.3 Å². The van der Waals surface area contributed by atoms with Crippen LogP contribution in [0.2, 0.25) is 0 Å². The highest BCUT2D eigenvalue weighted by Crippen LogP contribution is 2.28. The molecule has 1 aliphatic rings. The smallest absolute Gasteiger partial charge is 0.262 e. The molecule has 2 heterocycles. The van der Waals surface area contributed by atoms with Crippen molar-refractivity contribution in [3.63, 3.8) is 0 Å². The Bertz CT molecular complexity index is 531. The van der Waals surface area contributed by atoms with E-state index in [-0.39, 0.29) is 23.4 Å². The van der Waals surface area contributed by atoms with Gasteiger partial charge in [-0.3, -0.25) is 0 Å². The van der Waals surface area contributed by atoms with Gasteiger partial charge in [-0.2, -0.15) is 4.31 Å². The van der Waals surface area contributed by atoms with Gasteiger partial charge in [0.15, 0.2) is 5.03 Å². The molecule has 1 saturated heterocycles. The molecule has 0 spiro atoms. The Morgan fingerprint density at radius 1 is 1.47 bits per heavy atom. The number of nitrogen functional groups attached to an aromatic ring is 1. The van der Waals surface area contributed by atoms with Gasteiger partial charge in [0.25, 0.3) is 10.0 Å². The Kier molecular flexibility index (Phi) is 4.38. The van der Waals surface area contributed by atoms with Crippen LogP contribution in [0, 0.1) is 0 Å². The molecular weight excluding hydrogens is 266 g/mol. The largest absolute Gasteiger partial charge is 0.396 e. The molecule has 0 saturated carbocycles. The van der Waals surface area contributed by atoms with E-state index < -0.39 is 10.0 Å². The number of aliphatic hydroxyl groups excluding tert-OH is 1. The summed E-state index contributed by atoms with van der Waals surface area (Å²) in [5, 5.41) is 8.98. The Morgan fingerprint density at radius 3 is 2.95 bits per heavy atom. The lowest BCUT2D eigenvalue weighted by atomic mass is 10.0. The van der Waals surface area contributed by atoms with E-state index in [1.807, 2.05) is 0 Å². The van der Waals surface area contributed by atoms with Gasteiger partial charge in [0.2, 0.25) is 0 Å². The van der Waals surface area contributed by atoms with Crippen LogP contribution in [-0.4, -0.2) is 42.0 Å². The number of rotatable bonds is 4. The summed E-state index contributed by atoms with van der Waals surface area (Å²) in [7, 11) is -3.68. The van der Waals surface area contributed by atoms with Crippen LogP contribution in [0.1, 0.15) is 25.7 Å². The number of hydrogen-bond donors (Lipinski definition) is 2. The molecule has 7 heteroatoms. The summed E-state index contributed by atoms with van der Waals surface area (Å²) in [4.78, 5) is 3.90. The summed E-state index contributed by atoms with van der Waals surface area (Å²) >= 11 is 0. The minimum absolute atomic E-state index is 0.0195. The third-order valence-electron chi connectivity index (χ3n) is 3.39. The quantitative estimate of drug-likeness (QED) is 0.844. The van der Waals surface area contributed by atoms with Crippen molar-refractivity contribution >= 4 is 15.7 Å². The summed E-state index contributed by atoms with van der Waals surface area (Å²) in [6, 6.07) is 2.98. The van der Waals surface area contributed by atoms with E-state index in [9.17, 15) is 8.42 Å². The van der Waals surface area contributed by atoms with Crippen molar-refractivity contribution in [3.05, 3.63) is 18.3 Å². The van der Waals surface area contributed by atoms with Crippen LogP contribution in [-0.2, 0) is 10.0 Å². The van der Waals surface area contributed by atoms with Gasteiger partial charge >= 0.3 is 0 Å². The van der Waals surface area contributed by atoms with Gasteiger partial charge in [0, 0.05) is 25.4 Å². The van der Waals surface area contributed by atoms with Crippen LogP contribution in [0.4, 0.5) is 5.69 Å². The number of anilines is 1. The van der Waals surface area contributed by atoms with Gasteiger partial charge in [-0.1, -0.05) is 6.42 Å². The number of nitrogens with zero attached hydrogens (tertiary/aromatic N) is 2. The van der Waals surface area contributed by atoms with E-state index in [1.54, 1.807) is 6.07 Å². The van der Waals surface area contributed by atoms with Crippen LogP contribution in [0.3, 0.4) is 0 Å². The summed E-state index contributed by atoms with van der Waals surface area (Å²) < 4.78 is 26.6. The fourth-order valence-electron chi connectivity index (χ4n) is 2.46. The molecule has 2 rings (SSSR count). The van der Waals surface area contributed by atoms with Crippen molar-refractivity contribution in [3.8, 4) is 0 Å². The molecule has 1 atom stereocenters. The third-order valence-corrected chi connectivity index (χ3v) is 5.32. The fraction of sp³-hybridized carbons (Fsp3) is 0.583. The van der Waals surface area contributed by atoms with Gasteiger partial charge in [-0.25, -0.2) is 13.4 Å². The molecule has 0 aromatic carbocycles. The molecule has 0 radical (unpaired) electrons. The van der Waals surface area contributed by atoms with Crippen molar-refractivity contribution < 1.29 is 13.5 Å². The van der Waals surface area contributed by atoms with E-state index in [4.69, 9.17) is 10.8 Å². The van der Waals surface area contributed by atoms with E-state index >= 15 is 0 Å². The third kappa shape index (κ3) is 2.88. The number of sulfonamides is 1. The Hall–Kier alpha value is -1.18. The van der Waals surface area contributed by atoms with Crippen LogP contribution in [0.15, 0.2) is 23.4 Å². The molecule has 1 aromatic heterocycles. The maximum atomic E-state index is 12.6. The first-order valence-corrected chi connectivity index (χ1v) is 7.84. The standard InChI is InChI=1S/C12H19N3O3S/c13-11-5-3-7-14-12(11)19(17,18)15-8-2-1-4-10(15)6-9-16/h3,5,7,10,16H,1-2,4,6,8-9,13H2. The predicted molar refractivity (Wildman–Crippen MR) is 71.9 cm³/mol. The highest BCUT2D eigenvalue weighted by molar-refractivity contribution is 7.89.